The van der Waals surface area contributed by atoms with Crippen molar-refractivity contribution >= 4 is 17.8 Å². The lowest BCUT2D eigenvalue weighted by atomic mass is 9.79. The van der Waals surface area contributed by atoms with Crippen LogP contribution in [-0.2, 0) is 15.0 Å². The number of urea groups is 1. The quantitative estimate of drug-likeness (QED) is 0.724. The number of hydrogen-bond acceptors (Lipinski definition) is 3. The predicted octanol–water partition coefficient (Wildman–Crippen LogP) is 2.73. The summed E-state index contributed by atoms with van der Waals surface area (Å²) in [5.74, 6) is -0.259. The second kappa shape index (κ2) is 7.71. The zero-order valence-electron chi connectivity index (χ0n) is 16.2. The highest BCUT2D eigenvalue weighted by Crippen LogP contribution is 2.40. The van der Waals surface area contributed by atoms with Crippen LogP contribution in [0.5, 0.6) is 0 Å². The molecule has 1 aromatic rings. The number of amides is 4. The number of imide groups is 1. The third kappa shape index (κ3) is 4.15. The zero-order valence-corrected chi connectivity index (χ0v) is 16.2. The molecule has 1 saturated carbocycles. The molecule has 3 rings (SSSR count). The minimum atomic E-state index is -0.857. The van der Waals surface area contributed by atoms with Crippen LogP contribution in [0.15, 0.2) is 30.3 Å². The van der Waals surface area contributed by atoms with Gasteiger partial charge in [-0.25, -0.2) is 4.79 Å². The average molecular weight is 371 g/mol. The van der Waals surface area contributed by atoms with E-state index in [1.165, 1.54) is 23.3 Å². The number of carbonyl (C=O) groups is 3. The van der Waals surface area contributed by atoms with Gasteiger partial charge in [-0.1, -0.05) is 43.2 Å². The Morgan fingerprint density at radius 3 is 2.41 bits per heavy atom. The molecule has 2 N–H and O–H groups in total. The molecule has 1 heterocycles. The first kappa shape index (κ1) is 19.4. The van der Waals surface area contributed by atoms with Crippen molar-refractivity contribution in [1.82, 2.24) is 15.5 Å². The smallest absolute Gasteiger partial charge is 0.325 e. The van der Waals surface area contributed by atoms with E-state index in [0.717, 1.165) is 12.8 Å². The van der Waals surface area contributed by atoms with Crippen LogP contribution in [0.4, 0.5) is 4.79 Å². The van der Waals surface area contributed by atoms with E-state index in [2.05, 4.69) is 34.9 Å². The maximum absolute atomic E-state index is 12.3. The summed E-state index contributed by atoms with van der Waals surface area (Å²) in [5, 5.41) is 5.74. The van der Waals surface area contributed by atoms with E-state index in [1.54, 1.807) is 13.8 Å². The van der Waals surface area contributed by atoms with Crippen molar-refractivity contribution in [1.29, 1.82) is 0 Å². The van der Waals surface area contributed by atoms with Crippen molar-refractivity contribution < 1.29 is 14.4 Å². The van der Waals surface area contributed by atoms with Crippen LogP contribution in [0.1, 0.15) is 57.9 Å². The monoisotopic (exact) mass is 371 g/mol. The molecule has 0 atom stereocenters. The molecule has 0 aromatic heterocycles. The number of rotatable bonds is 7. The molecule has 0 radical (unpaired) electrons. The predicted molar refractivity (Wildman–Crippen MR) is 103 cm³/mol. The first-order chi connectivity index (χ1) is 12.8. The number of hydrogen-bond donors (Lipinski definition) is 2. The van der Waals surface area contributed by atoms with Crippen LogP contribution in [0, 0.1) is 0 Å². The van der Waals surface area contributed by atoms with Crippen LogP contribution >= 0.6 is 0 Å². The molecule has 1 aromatic carbocycles. The Morgan fingerprint density at radius 2 is 1.81 bits per heavy atom. The molecule has 0 spiro atoms. The Labute approximate surface area is 160 Å². The lowest BCUT2D eigenvalue weighted by Gasteiger charge is -2.30. The van der Waals surface area contributed by atoms with E-state index in [4.69, 9.17) is 0 Å². The second-order valence-corrected chi connectivity index (χ2v) is 8.25. The van der Waals surface area contributed by atoms with Gasteiger partial charge in [0, 0.05) is 24.9 Å². The SMILES string of the molecule is CC1(C)NC(=O)N(CCCC(=O)NCC2(c3ccccc3)CCCC2)C1=O. The Balaban J connectivity index is 1.48. The van der Waals surface area contributed by atoms with E-state index >= 15 is 0 Å². The molecule has 1 aliphatic carbocycles. The van der Waals surface area contributed by atoms with Gasteiger partial charge >= 0.3 is 6.03 Å². The van der Waals surface area contributed by atoms with Gasteiger partial charge < -0.3 is 10.6 Å². The number of benzene rings is 1. The van der Waals surface area contributed by atoms with Crippen LogP contribution in [0.3, 0.4) is 0 Å². The first-order valence-corrected chi connectivity index (χ1v) is 9.80. The van der Waals surface area contributed by atoms with Gasteiger partial charge in [0.15, 0.2) is 0 Å². The summed E-state index contributed by atoms with van der Waals surface area (Å²) in [4.78, 5) is 37.5. The van der Waals surface area contributed by atoms with Gasteiger partial charge in [0.1, 0.15) is 5.54 Å². The standard InChI is InChI=1S/C21H29N3O3/c1-20(2)18(26)24(19(27)23-20)14-8-11-17(25)22-15-21(12-6-7-13-21)16-9-4-3-5-10-16/h3-5,9-10H,6-8,11-15H2,1-2H3,(H,22,25)(H,23,27). The lowest BCUT2D eigenvalue weighted by Crippen LogP contribution is -2.40. The third-order valence-electron chi connectivity index (χ3n) is 5.80. The van der Waals surface area contributed by atoms with Crippen LogP contribution in [-0.4, -0.2) is 41.4 Å². The molecule has 6 heteroatoms. The molecule has 0 bridgehead atoms. The Hall–Kier alpha value is -2.37. The van der Waals surface area contributed by atoms with Crippen molar-refractivity contribution in [2.75, 3.05) is 13.1 Å². The molecular weight excluding hydrogens is 342 g/mol. The first-order valence-electron chi connectivity index (χ1n) is 9.80. The van der Waals surface area contributed by atoms with Crippen LogP contribution in [0.2, 0.25) is 0 Å². The van der Waals surface area contributed by atoms with Gasteiger partial charge in [0.2, 0.25) is 5.91 Å². The van der Waals surface area contributed by atoms with Crippen LogP contribution in [0.25, 0.3) is 0 Å². The van der Waals surface area contributed by atoms with E-state index in [0.29, 0.717) is 19.4 Å². The summed E-state index contributed by atoms with van der Waals surface area (Å²) in [5.41, 5.74) is 0.472. The fraction of sp³-hybridized carbons (Fsp3) is 0.571. The molecule has 2 fully saturated rings. The average Bonchev–Trinajstić information content (AvgIpc) is 3.20. The summed E-state index contributed by atoms with van der Waals surface area (Å²) < 4.78 is 0. The summed E-state index contributed by atoms with van der Waals surface area (Å²) in [6, 6.07) is 10.0. The van der Waals surface area contributed by atoms with E-state index in [9.17, 15) is 14.4 Å². The molecule has 6 nitrogen and oxygen atoms in total. The van der Waals surface area contributed by atoms with Crippen molar-refractivity contribution in [2.45, 2.75) is 63.3 Å². The highest BCUT2D eigenvalue weighted by Gasteiger charge is 2.43. The van der Waals surface area contributed by atoms with E-state index in [1.807, 2.05) is 6.07 Å². The normalized spacial score (nSPS) is 20.6. The van der Waals surface area contributed by atoms with Crippen molar-refractivity contribution in [2.24, 2.45) is 0 Å². The topological polar surface area (TPSA) is 78.5 Å². The molecule has 146 valence electrons. The summed E-state index contributed by atoms with van der Waals surface area (Å²) in [6.45, 7) is 4.28. The summed E-state index contributed by atoms with van der Waals surface area (Å²) in [7, 11) is 0. The summed E-state index contributed by atoms with van der Waals surface area (Å²) in [6.07, 6.45) is 5.34. The number of nitrogens with zero attached hydrogens (tertiary/aromatic N) is 1. The number of carbonyl (C=O) groups excluding carboxylic acids is 3. The fourth-order valence-electron chi connectivity index (χ4n) is 4.19. The molecule has 4 amide bonds. The fourth-order valence-corrected chi connectivity index (χ4v) is 4.19. The van der Waals surface area contributed by atoms with Gasteiger partial charge in [0.25, 0.3) is 5.91 Å². The highest BCUT2D eigenvalue weighted by molar-refractivity contribution is 6.06. The van der Waals surface area contributed by atoms with Gasteiger partial charge in [-0.15, -0.1) is 0 Å². The van der Waals surface area contributed by atoms with Crippen molar-refractivity contribution in [3.8, 4) is 0 Å². The molecule has 0 unspecified atom stereocenters. The molecule has 1 aliphatic heterocycles. The molecular formula is C21H29N3O3. The van der Waals surface area contributed by atoms with Gasteiger partial charge in [-0.3, -0.25) is 14.5 Å². The van der Waals surface area contributed by atoms with Gasteiger partial charge in [0.05, 0.1) is 0 Å². The van der Waals surface area contributed by atoms with E-state index < -0.39 is 5.54 Å². The maximum Gasteiger partial charge on any atom is 0.325 e. The van der Waals surface area contributed by atoms with Crippen molar-refractivity contribution in [3.05, 3.63) is 35.9 Å². The van der Waals surface area contributed by atoms with Gasteiger partial charge in [-0.05, 0) is 38.7 Å². The highest BCUT2D eigenvalue weighted by atomic mass is 16.2. The van der Waals surface area contributed by atoms with Crippen molar-refractivity contribution in [3.63, 3.8) is 0 Å². The third-order valence-corrected chi connectivity index (χ3v) is 5.80. The molecule has 27 heavy (non-hydrogen) atoms. The minimum absolute atomic E-state index is 0.0245. The van der Waals surface area contributed by atoms with E-state index in [-0.39, 0.29) is 29.8 Å². The molecule has 1 saturated heterocycles. The Bertz CT molecular complexity index is 709. The minimum Gasteiger partial charge on any atom is -0.355 e. The van der Waals surface area contributed by atoms with Gasteiger partial charge in [-0.2, -0.15) is 0 Å². The summed E-state index contributed by atoms with van der Waals surface area (Å²) >= 11 is 0. The zero-order chi connectivity index (χ0) is 19.5. The van der Waals surface area contributed by atoms with Crippen LogP contribution < -0.4 is 10.6 Å². The second-order valence-electron chi connectivity index (χ2n) is 8.25. The maximum atomic E-state index is 12.3. The number of nitrogens with one attached hydrogen (secondary N) is 2. The molecule has 2 aliphatic rings. The Morgan fingerprint density at radius 1 is 1.15 bits per heavy atom. The Kier molecular flexibility index (Phi) is 5.53. The lowest BCUT2D eigenvalue weighted by molar-refractivity contribution is -0.130. The largest absolute Gasteiger partial charge is 0.355 e.